The second-order valence-electron chi connectivity index (χ2n) is 1.42. The fourth-order valence-electron chi connectivity index (χ4n) is 0.363. The van der Waals surface area contributed by atoms with Gasteiger partial charge in [0.2, 0.25) is 0 Å². The standard InChI is InChI=1S/C6H10NS.FH/c1-3-5-7(8)6-4-2;/h3-4H,1-2,5-6H2;1H. The molecule has 0 aromatic carbocycles. The minimum Gasteiger partial charge on any atom is -0.269 e. The van der Waals surface area contributed by atoms with Gasteiger partial charge in [-0.3, -0.25) is 4.70 Å². The van der Waals surface area contributed by atoms with Gasteiger partial charge in [-0.1, -0.05) is 12.2 Å². The highest BCUT2D eigenvalue weighted by atomic mass is 32.1. The van der Waals surface area contributed by atoms with E-state index in [4.69, 9.17) is 12.8 Å². The largest absolute Gasteiger partial charge is 0.269 e. The normalized spacial score (nSPS) is 8.22. The summed E-state index contributed by atoms with van der Waals surface area (Å²) in [5, 5.41) is 0. The van der Waals surface area contributed by atoms with Crippen LogP contribution in [-0.2, 0) is 0 Å². The molecule has 1 nitrogen and oxygen atoms in total. The number of halogens is 1. The van der Waals surface area contributed by atoms with Crippen LogP contribution in [0.4, 0.5) is 4.70 Å². The summed E-state index contributed by atoms with van der Waals surface area (Å²) in [6.45, 7) is 8.58. The minimum atomic E-state index is 0. The first-order valence-corrected chi connectivity index (χ1v) is 2.81. The highest BCUT2D eigenvalue weighted by Gasteiger charge is 1.88. The van der Waals surface area contributed by atoms with Gasteiger partial charge < -0.3 is 0 Å². The first-order chi connectivity index (χ1) is 3.81. The Balaban J connectivity index is 0. The third-order valence-corrected chi connectivity index (χ3v) is 0.964. The number of hydrogen-bond donors (Lipinski definition) is 0. The Bertz CT molecular complexity index is 75.1. The lowest BCUT2D eigenvalue weighted by Crippen LogP contribution is -2.10. The van der Waals surface area contributed by atoms with E-state index >= 15 is 0 Å². The van der Waals surface area contributed by atoms with Crippen molar-refractivity contribution < 1.29 is 4.70 Å². The van der Waals surface area contributed by atoms with Gasteiger partial charge in [0.25, 0.3) is 0 Å². The van der Waals surface area contributed by atoms with Crippen molar-refractivity contribution in [1.82, 2.24) is 4.31 Å². The van der Waals surface area contributed by atoms with E-state index in [0.717, 1.165) is 13.1 Å². The van der Waals surface area contributed by atoms with Gasteiger partial charge in [-0.15, -0.1) is 13.2 Å². The summed E-state index contributed by atoms with van der Waals surface area (Å²) in [6.07, 6.45) is 3.55. The monoisotopic (exact) mass is 148 g/mol. The molecule has 0 unspecified atom stereocenters. The third kappa shape index (κ3) is 7.72. The lowest BCUT2D eigenvalue weighted by Gasteiger charge is -2.05. The van der Waals surface area contributed by atoms with Crippen LogP contribution in [0.5, 0.6) is 0 Å². The van der Waals surface area contributed by atoms with Crippen molar-refractivity contribution in [3.8, 4) is 0 Å². The van der Waals surface area contributed by atoms with E-state index in [1.54, 1.807) is 16.5 Å². The topological polar surface area (TPSA) is 3.24 Å². The van der Waals surface area contributed by atoms with Crippen molar-refractivity contribution in [2.75, 3.05) is 13.1 Å². The molecule has 0 N–H and O–H groups in total. The molecular weight excluding hydrogens is 137 g/mol. The van der Waals surface area contributed by atoms with Crippen molar-refractivity contribution in [2.24, 2.45) is 0 Å². The van der Waals surface area contributed by atoms with Gasteiger partial charge in [0.1, 0.15) is 0 Å². The van der Waals surface area contributed by atoms with Gasteiger partial charge >= 0.3 is 0 Å². The van der Waals surface area contributed by atoms with Crippen molar-refractivity contribution in [1.29, 1.82) is 0 Å². The molecule has 0 fully saturated rings. The zero-order valence-electron chi connectivity index (χ0n) is 5.25. The minimum absolute atomic E-state index is 0. The van der Waals surface area contributed by atoms with Crippen molar-refractivity contribution in [3.63, 3.8) is 0 Å². The van der Waals surface area contributed by atoms with Gasteiger partial charge in [-0.2, -0.15) is 0 Å². The van der Waals surface area contributed by atoms with Crippen LogP contribution in [0.2, 0.25) is 0 Å². The Kier molecular flexibility index (Phi) is 9.87. The van der Waals surface area contributed by atoms with Crippen LogP contribution >= 0.6 is 12.8 Å². The third-order valence-electron chi connectivity index (χ3n) is 0.665. The molecule has 53 valence electrons. The zero-order valence-corrected chi connectivity index (χ0v) is 6.06. The predicted molar refractivity (Wildman–Crippen MR) is 42.1 cm³/mol. The Morgan fingerprint density at radius 1 is 1.22 bits per heavy atom. The number of rotatable bonds is 4. The maximum absolute atomic E-state index is 4.83. The molecule has 0 amide bonds. The Morgan fingerprint density at radius 3 is 1.78 bits per heavy atom. The fourth-order valence-corrected chi connectivity index (χ4v) is 0.573. The van der Waals surface area contributed by atoms with E-state index in [2.05, 4.69) is 13.2 Å². The molecular formula is C6H11FNS. The lowest BCUT2D eigenvalue weighted by molar-refractivity contribution is 0.588. The van der Waals surface area contributed by atoms with Crippen molar-refractivity contribution in [3.05, 3.63) is 25.3 Å². The first kappa shape index (κ1) is 11.5. The molecule has 0 aromatic heterocycles. The molecule has 1 radical (unpaired) electrons. The van der Waals surface area contributed by atoms with Crippen molar-refractivity contribution >= 4 is 12.8 Å². The number of nitrogens with zero attached hydrogens (tertiary/aromatic N) is 1. The zero-order chi connectivity index (χ0) is 6.41. The first-order valence-electron chi connectivity index (χ1n) is 2.45. The molecule has 0 saturated heterocycles. The summed E-state index contributed by atoms with van der Waals surface area (Å²) in [4.78, 5) is 0. The summed E-state index contributed by atoms with van der Waals surface area (Å²) in [5.74, 6) is 0. The Labute approximate surface area is 61.0 Å². The summed E-state index contributed by atoms with van der Waals surface area (Å²) in [5.41, 5.74) is 0. The maximum atomic E-state index is 4.83. The van der Waals surface area contributed by atoms with Gasteiger partial charge in [0.05, 0.1) is 0 Å². The van der Waals surface area contributed by atoms with E-state index in [0.29, 0.717) is 0 Å². The molecule has 0 aromatic rings. The second-order valence-corrected chi connectivity index (χ2v) is 1.94. The van der Waals surface area contributed by atoms with Crippen LogP contribution < -0.4 is 0 Å². The van der Waals surface area contributed by atoms with Crippen LogP contribution in [-0.4, -0.2) is 17.4 Å². The molecule has 3 heteroatoms. The van der Waals surface area contributed by atoms with Gasteiger partial charge in [-0.05, 0) is 0 Å². The van der Waals surface area contributed by atoms with Crippen LogP contribution in [0.3, 0.4) is 0 Å². The Morgan fingerprint density at radius 2 is 1.56 bits per heavy atom. The quantitative estimate of drug-likeness (QED) is 0.551. The highest BCUT2D eigenvalue weighted by Crippen LogP contribution is 1.90. The number of hydrogen-bond acceptors (Lipinski definition) is 1. The van der Waals surface area contributed by atoms with Crippen LogP contribution in [0, 0.1) is 0 Å². The predicted octanol–water partition coefficient (Wildman–Crippen LogP) is 1.93. The average molecular weight is 148 g/mol. The fraction of sp³-hybridized carbons (Fsp3) is 0.333. The van der Waals surface area contributed by atoms with E-state index in [-0.39, 0.29) is 4.70 Å². The second kappa shape index (κ2) is 7.72. The van der Waals surface area contributed by atoms with E-state index in [1.807, 2.05) is 0 Å². The van der Waals surface area contributed by atoms with Crippen LogP contribution in [0.15, 0.2) is 25.3 Å². The summed E-state index contributed by atoms with van der Waals surface area (Å²) >= 11 is 4.83. The van der Waals surface area contributed by atoms with Crippen molar-refractivity contribution in [2.45, 2.75) is 0 Å². The lowest BCUT2D eigenvalue weighted by atomic mass is 10.5. The molecule has 0 bridgehead atoms. The highest BCUT2D eigenvalue weighted by molar-refractivity contribution is 7.77. The average Bonchev–Trinajstić information content (AvgIpc) is 1.68. The maximum Gasteiger partial charge on any atom is 0.0279 e. The van der Waals surface area contributed by atoms with E-state index < -0.39 is 0 Å². The van der Waals surface area contributed by atoms with Gasteiger partial charge in [0.15, 0.2) is 0 Å². The summed E-state index contributed by atoms with van der Waals surface area (Å²) < 4.78 is 1.71. The van der Waals surface area contributed by atoms with E-state index in [9.17, 15) is 0 Å². The Hall–Kier alpha value is -0.280. The van der Waals surface area contributed by atoms with Gasteiger partial charge in [-0.25, -0.2) is 4.31 Å². The molecule has 0 rings (SSSR count). The molecule has 0 aliphatic heterocycles. The SMILES string of the molecule is C=CCN([S])CC=C.F. The van der Waals surface area contributed by atoms with E-state index in [1.165, 1.54) is 0 Å². The smallest absolute Gasteiger partial charge is 0.0279 e. The molecule has 9 heavy (non-hydrogen) atoms. The summed E-state index contributed by atoms with van der Waals surface area (Å²) in [6, 6.07) is 0. The van der Waals surface area contributed by atoms with Crippen LogP contribution in [0.1, 0.15) is 0 Å². The summed E-state index contributed by atoms with van der Waals surface area (Å²) in [7, 11) is 0. The molecule has 0 aliphatic rings. The van der Waals surface area contributed by atoms with Crippen LogP contribution in [0.25, 0.3) is 0 Å². The molecule has 0 atom stereocenters. The molecule has 0 spiro atoms. The van der Waals surface area contributed by atoms with Gasteiger partial charge in [0, 0.05) is 25.9 Å². The molecule has 0 heterocycles. The molecule has 0 saturated carbocycles. The molecule has 0 aliphatic carbocycles.